The molecule has 1 aliphatic rings. The zero-order valence-electron chi connectivity index (χ0n) is 16.3. The van der Waals surface area contributed by atoms with E-state index in [1.54, 1.807) is 6.33 Å². The quantitative estimate of drug-likeness (QED) is 0.603. The van der Waals surface area contributed by atoms with Crippen molar-refractivity contribution in [1.82, 2.24) is 19.5 Å². The highest BCUT2D eigenvalue weighted by molar-refractivity contribution is 5.77. The summed E-state index contributed by atoms with van der Waals surface area (Å²) in [6, 6.07) is 6.15. The Bertz CT molecular complexity index is 1050. The largest absolute Gasteiger partial charge is 0.368 e. The summed E-state index contributed by atoms with van der Waals surface area (Å²) in [5.74, 6) is 1.50. The van der Waals surface area contributed by atoms with Gasteiger partial charge in [-0.1, -0.05) is 18.6 Å². The Kier molecular flexibility index (Phi) is 4.42. The van der Waals surface area contributed by atoms with Gasteiger partial charge in [0.15, 0.2) is 0 Å². The maximum Gasteiger partial charge on any atom is 0.331 e. The SMILES string of the molecule is CC1=CC(C)C(c2c(NC(C)C)[nH]c(=O)n2-c2ccc3nc[nH]c3c2)CC1. The number of allylic oxidation sites excluding steroid dienone is 2. The Labute approximate surface area is 158 Å². The van der Waals surface area contributed by atoms with E-state index in [1.165, 1.54) is 5.57 Å². The molecule has 1 aliphatic carbocycles. The number of hydrogen-bond donors (Lipinski definition) is 3. The first-order valence-corrected chi connectivity index (χ1v) is 9.66. The van der Waals surface area contributed by atoms with E-state index in [4.69, 9.17) is 0 Å². The van der Waals surface area contributed by atoms with E-state index in [-0.39, 0.29) is 17.6 Å². The van der Waals surface area contributed by atoms with Crippen LogP contribution in [0.5, 0.6) is 0 Å². The molecule has 3 N–H and O–H groups in total. The zero-order chi connectivity index (χ0) is 19.1. The molecule has 0 amide bonds. The Morgan fingerprint density at radius 1 is 1.33 bits per heavy atom. The summed E-state index contributed by atoms with van der Waals surface area (Å²) in [4.78, 5) is 23.4. The summed E-state index contributed by atoms with van der Waals surface area (Å²) in [5.41, 5.74) is 5.05. The average molecular weight is 365 g/mol. The van der Waals surface area contributed by atoms with E-state index in [1.807, 2.05) is 22.8 Å². The summed E-state index contributed by atoms with van der Waals surface area (Å²) in [7, 11) is 0. The number of benzene rings is 1. The monoisotopic (exact) mass is 365 g/mol. The summed E-state index contributed by atoms with van der Waals surface area (Å²) < 4.78 is 1.83. The molecular formula is C21H27N5O. The van der Waals surface area contributed by atoms with Crippen LogP contribution in [-0.4, -0.2) is 25.6 Å². The van der Waals surface area contributed by atoms with E-state index < -0.39 is 0 Å². The van der Waals surface area contributed by atoms with Crippen LogP contribution in [0.4, 0.5) is 5.82 Å². The Hall–Kier alpha value is -2.76. The molecular weight excluding hydrogens is 338 g/mol. The van der Waals surface area contributed by atoms with Crippen LogP contribution in [0.25, 0.3) is 16.7 Å². The minimum absolute atomic E-state index is 0.106. The van der Waals surface area contributed by atoms with Crippen molar-refractivity contribution in [3.05, 3.63) is 52.4 Å². The fourth-order valence-corrected chi connectivity index (χ4v) is 4.20. The third kappa shape index (κ3) is 3.20. The number of H-pyrrole nitrogens is 2. The maximum atomic E-state index is 13.0. The van der Waals surface area contributed by atoms with Crippen molar-refractivity contribution in [2.75, 3.05) is 5.32 Å². The highest BCUT2D eigenvalue weighted by atomic mass is 16.1. The van der Waals surface area contributed by atoms with Crippen LogP contribution in [0.1, 0.15) is 52.1 Å². The summed E-state index contributed by atoms with van der Waals surface area (Å²) in [6.07, 6.45) is 6.12. The number of hydrogen-bond acceptors (Lipinski definition) is 3. The van der Waals surface area contributed by atoms with Gasteiger partial charge < -0.3 is 10.3 Å². The summed E-state index contributed by atoms with van der Waals surface area (Å²) >= 11 is 0. The van der Waals surface area contributed by atoms with Crippen LogP contribution in [0.2, 0.25) is 0 Å². The molecule has 142 valence electrons. The molecule has 1 aromatic carbocycles. The van der Waals surface area contributed by atoms with Crippen LogP contribution in [0.15, 0.2) is 41.0 Å². The molecule has 0 radical (unpaired) electrons. The normalized spacial score (nSPS) is 20.3. The molecule has 2 unspecified atom stereocenters. The molecule has 0 spiro atoms. The van der Waals surface area contributed by atoms with Gasteiger partial charge in [0.2, 0.25) is 0 Å². The molecule has 2 aromatic heterocycles. The molecule has 0 saturated carbocycles. The molecule has 0 aliphatic heterocycles. The lowest BCUT2D eigenvalue weighted by molar-refractivity contribution is 0.465. The van der Waals surface area contributed by atoms with Crippen LogP contribution in [0, 0.1) is 5.92 Å². The average Bonchev–Trinajstić information content (AvgIpc) is 3.18. The van der Waals surface area contributed by atoms with Gasteiger partial charge >= 0.3 is 5.69 Å². The van der Waals surface area contributed by atoms with Gasteiger partial charge in [-0.15, -0.1) is 0 Å². The standard InChI is InChI=1S/C21H27N5O/c1-12(2)24-20-19(16-7-5-13(3)9-14(16)4)26(21(27)25-20)15-6-8-17-18(10-15)23-11-22-17/h6,8-12,14,16,24H,5,7H2,1-4H3,(H,22,23)(H,25,27). The van der Waals surface area contributed by atoms with Crippen molar-refractivity contribution in [3.63, 3.8) is 0 Å². The second-order valence-corrected chi connectivity index (χ2v) is 7.95. The molecule has 6 heteroatoms. The van der Waals surface area contributed by atoms with E-state index in [9.17, 15) is 4.79 Å². The van der Waals surface area contributed by atoms with E-state index in [0.29, 0.717) is 5.92 Å². The summed E-state index contributed by atoms with van der Waals surface area (Å²) in [6.45, 7) is 8.61. The fraction of sp³-hybridized carbons (Fsp3) is 0.429. The first-order chi connectivity index (χ1) is 12.9. The minimum Gasteiger partial charge on any atom is -0.368 e. The predicted molar refractivity (Wildman–Crippen MR) is 110 cm³/mol. The van der Waals surface area contributed by atoms with Crippen molar-refractivity contribution >= 4 is 16.9 Å². The lowest BCUT2D eigenvalue weighted by Crippen LogP contribution is -2.22. The third-order valence-corrected chi connectivity index (χ3v) is 5.41. The van der Waals surface area contributed by atoms with Gasteiger partial charge in [-0.2, -0.15) is 0 Å². The topological polar surface area (TPSA) is 78.5 Å². The summed E-state index contributed by atoms with van der Waals surface area (Å²) in [5, 5.41) is 3.45. The molecule has 27 heavy (non-hydrogen) atoms. The first kappa shape index (κ1) is 17.6. The molecule has 6 nitrogen and oxygen atoms in total. The van der Waals surface area contributed by atoms with E-state index in [0.717, 1.165) is 41.1 Å². The van der Waals surface area contributed by atoms with Crippen LogP contribution >= 0.6 is 0 Å². The van der Waals surface area contributed by atoms with Gasteiger partial charge in [-0.3, -0.25) is 9.55 Å². The van der Waals surface area contributed by atoms with E-state index in [2.05, 4.69) is 54.0 Å². The number of imidazole rings is 2. The van der Waals surface area contributed by atoms with Crippen molar-refractivity contribution in [3.8, 4) is 5.69 Å². The third-order valence-electron chi connectivity index (χ3n) is 5.41. The lowest BCUT2D eigenvalue weighted by atomic mass is 9.80. The number of aromatic nitrogens is 4. The highest BCUT2D eigenvalue weighted by Gasteiger charge is 2.29. The predicted octanol–water partition coefficient (Wildman–Crippen LogP) is 4.32. The Morgan fingerprint density at radius 2 is 2.15 bits per heavy atom. The number of aromatic amines is 2. The number of fused-ring (bicyclic) bond motifs is 1. The second kappa shape index (κ2) is 6.76. The van der Waals surface area contributed by atoms with E-state index >= 15 is 0 Å². The number of nitrogens with one attached hydrogen (secondary N) is 3. The smallest absolute Gasteiger partial charge is 0.331 e. The van der Waals surface area contributed by atoms with Crippen LogP contribution in [-0.2, 0) is 0 Å². The van der Waals surface area contributed by atoms with Gasteiger partial charge in [0, 0.05) is 12.0 Å². The lowest BCUT2D eigenvalue weighted by Gasteiger charge is -2.29. The fourth-order valence-electron chi connectivity index (χ4n) is 4.20. The van der Waals surface area contributed by atoms with Gasteiger partial charge in [-0.05, 0) is 57.7 Å². The zero-order valence-corrected chi connectivity index (χ0v) is 16.3. The first-order valence-electron chi connectivity index (χ1n) is 9.66. The molecule has 2 atom stereocenters. The van der Waals surface area contributed by atoms with Crippen molar-refractivity contribution < 1.29 is 0 Å². The Balaban J connectivity index is 1.90. The molecule has 0 fully saturated rings. The highest BCUT2D eigenvalue weighted by Crippen LogP contribution is 2.39. The number of anilines is 1. The van der Waals surface area contributed by atoms with Gasteiger partial charge in [0.05, 0.1) is 28.7 Å². The van der Waals surface area contributed by atoms with Crippen molar-refractivity contribution in [2.24, 2.45) is 5.92 Å². The van der Waals surface area contributed by atoms with Crippen LogP contribution in [0.3, 0.4) is 0 Å². The number of rotatable bonds is 4. The second-order valence-electron chi connectivity index (χ2n) is 7.95. The van der Waals surface area contributed by atoms with Gasteiger partial charge in [-0.25, -0.2) is 9.78 Å². The van der Waals surface area contributed by atoms with Crippen LogP contribution < -0.4 is 11.0 Å². The molecule has 0 bridgehead atoms. The minimum atomic E-state index is -0.106. The molecule has 2 heterocycles. The maximum absolute atomic E-state index is 13.0. The molecule has 0 saturated heterocycles. The number of nitrogens with zero attached hydrogens (tertiary/aromatic N) is 2. The van der Waals surface area contributed by atoms with Gasteiger partial charge in [0.25, 0.3) is 0 Å². The van der Waals surface area contributed by atoms with Crippen molar-refractivity contribution in [2.45, 2.75) is 52.5 Å². The molecule has 3 aromatic rings. The Morgan fingerprint density at radius 3 is 2.89 bits per heavy atom. The van der Waals surface area contributed by atoms with Crippen molar-refractivity contribution in [1.29, 1.82) is 0 Å². The molecule has 4 rings (SSSR count). The van der Waals surface area contributed by atoms with Gasteiger partial charge in [0.1, 0.15) is 5.82 Å².